The van der Waals surface area contributed by atoms with Gasteiger partial charge in [-0.25, -0.2) is 0 Å². The zero-order valence-electron chi connectivity index (χ0n) is 12.6. The van der Waals surface area contributed by atoms with Gasteiger partial charge in [-0.05, 0) is 29.7 Å². The van der Waals surface area contributed by atoms with Gasteiger partial charge in [0, 0.05) is 34.0 Å². The number of rotatable bonds is 3. The van der Waals surface area contributed by atoms with E-state index in [4.69, 9.17) is 0 Å². The van der Waals surface area contributed by atoms with Crippen LogP contribution < -0.4 is 5.32 Å². The number of Topliss-reactive ketones (excluding diaryl/α,β-unsaturated/α-hetero) is 1. The Morgan fingerprint density at radius 3 is 2.78 bits per heavy atom. The van der Waals surface area contributed by atoms with Crippen LogP contribution in [0.2, 0.25) is 0 Å². The van der Waals surface area contributed by atoms with Crippen molar-refractivity contribution in [3.63, 3.8) is 0 Å². The van der Waals surface area contributed by atoms with E-state index in [0.717, 1.165) is 34.2 Å². The molecule has 0 saturated carbocycles. The Hall–Kier alpha value is -1.91. The predicted octanol–water partition coefficient (Wildman–Crippen LogP) is 3.93. The van der Waals surface area contributed by atoms with E-state index in [1.807, 2.05) is 30.3 Å². The van der Waals surface area contributed by atoms with Gasteiger partial charge in [0.15, 0.2) is 5.78 Å². The molecule has 2 N–H and O–H groups in total. The highest BCUT2D eigenvalue weighted by Gasteiger charge is 2.29. The molecule has 0 spiro atoms. The van der Waals surface area contributed by atoms with Crippen molar-refractivity contribution in [2.24, 2.45) is 0 Å². The lowest BCUT2D eigenvalue weighted by atomic mass is 9.94. The Morgan fingerprint density at radius 2 is 1.91 bits per heavy atom. The van der Waals surface area contributed by atoms with Crippen LogP contribution in [0.3, 0.4) is 0 Å². The number of carbonyl (C=O) groups is 1. The van der Waals surface area contributed by atoms with Crippen LogP contribution in [0.15, 0.2) is 53.0 Å². The van der Waals surface area contributed by atoms with Crippen molar-refractivity contribution in [2.75, 3.05) is 6.54 Å². The Morgan fingerprint density at radius 1 is 1.13 bits per heavy atom. The van der Waals surface area contributed by atoms with E-state index < -0.39 is 0 Å². The third kappa shape index (κ3) is 2.62. The number of nitrogens with one attached hydrogen (secondary N) is 2. The average Bonchev–Trinajstić information content (AvgIpc) is 2.95. The molecular formula is C19H17BrN2O. The summed E-state index contributed by atoms with van der Waals surface area (Å²) in [5.74, 6) is 0.199. The maximum atomic E-state index is 12.9. The fourth-order valence-electron chi connectivity index (χ4n) is 3.39. The molecule has 1 atom stereocenters. The summed E-state index contributed by atoms with van der Waals surface area (Å²) >= 11 is 3.53. The Labute approximate surface area is 143 Å². The number of hydrogen-bond donors (Lipinski definition) is 2. The molecule has 1 aliphatic heterocycles. The van der Waals surface area contributed by atoms with Gasteiger partial charge in [-0.15, -0.1) is 0 Å². The van der Waals surface area contributed by atoms with Gasteiger partial charge in [-0.1, -0.05) is 52.3 Å². The average molecular weight is 369 g/mol. The molecule has 0 amide bonds. The Balaban J connectivity index is 1.69. The number of hydrogen-bond acceptors (Lipinski definition) is 2. The summed E-state index contributed by atoms with van der Waals surface area (Å²) in [4.78, 5) is 16.3. The highest BCUT2D eigenvalue weighted by atomic mass is 79.9. The van der Waals surface area contributed by atoms with Crippen LogP contribution in [0, 0.1) is 0 Å². The van der Waals surface area contributed by atoms with Gasteiger partial charge < -0.3 is 10.3 Å². The van der Waals surface area contributed by atoms with Crippen LogP contribution in [-0.4, -0.2) is 17.3 Å². The third-order valence-corrected chi connectivity index (χ3v) is 5.28. The van der Waals surface area contributed by atoms with Gasteiger partial charge in [0.25, 0.3) is 0 Å². The lowest BCUT2D eigenvalue weighted by Crippen LogP contribution is -2.35. The van der Waals surface area contributed by atoms with Gasteiger partial charge in [0.05, 0.1) is 0 Å². The van der Waals surface area contributed by atoms with Gasteiger partial charge in [0.1, 0.15) is 6.04 Å². The van der Waals surface area contributed by atoms with Crippen molar-refractivity contribution in [3.8, 4) is 0 Å². The molecule has 4 heteroatoms. The summed E-state index contributed by atoms with van der Waals surface area (Å²) in [7, 11) is 0. The SMILES string of the molecule is O=C(Cc1ccccc1Br)C1NCCc2c1[nH]c1ccccc21. The Bertz CT molecular complexity index is 884. The van der Waals surface area contributed by atoms with Crippen LogP contribution in [0.4, 0.5) is 0 Å². The van der Waals surface area contributed by atoms with Crippen molar-refractivity contribution in [2.45, 2.75) is 18.9 Å². The van der Waals surface area contributed by atoms with E-state index >= 15 is 0 Å². The van der Waals surface area contributed by atoms with Crippen LogP contribution >= 0.6 is 15.9 Å². The second-order valence-electron chi connectivity index (χ2n) is 5.93. The molecule has 1 unspecified atom stereocenters. The number of benzene rings is 2. The molecule has 2 aromatic carbocycles. The van der Waals surface area contributed by atoms with E-state index in [1.165, 1.54) is 10.9 Å². The van der Waals surface area contributed by atoms with E-state index in [2.05, 4.69) is 44.4 Å². The van der Waals surface area contributed by atoms with Gasteiger partial charge in [-0.2, -0.15) is 0 Å². The number of H-pyrrole nitrogens is 1. The molecule has 0 bridgehead atoms. The molecule has 3 nitrogen and oxygen atoms in total. The highest BCUT2D eigenvalue weighted by molar-refractivity contribution is 9.10. The number of aromatic amines is 1. The van der Waals surface area contributed by atoms with Crippen LogP contribution in [0.5, 0.6) is 0 Å². The van der Waals surface area contributed by atoms with Crippen LogP contribution in [0.25, 0.3) is 10.9 Å². The summed E-state index contributed by atoms with van der Waals surface area (Å²) in [5, 5.41) is 4.62. The van der Waals surface area contributed by atoms with Crippen molar-refractivity contribution in [3.05, 3.63) is 69.8 Å². The highest BCUT2D eigenvalue weighted by Crippen LogP contribution is 2.31. The fraction of sp³-hybridized carbons (Fsp3) is 0.211. The number of ketones is 1. The molecule has 4 rings (SSSR count). The molecule has 116 valence electrons. The quantitative estimate of drug-likeness (QED) is 0.735. The first kappa shape index (κ1) is 14.7. The smallest absolute Gasteiger partial charge is 0.160 e. The predicted molar refractivity (Wildman–Crippen MR) is 95.6 cm³/mol. The molecular weight excluding hydrogens is 352 g/mol. The van der Waals surface area contributed by atoms with Gasteiger partial charge >= 0.3 is 0 Å². The fourth-order valence-corrected chi connectivity index (χ4v) is 3.81. The summed E-state index contributed by atoms with van der Waals surface area (Å²) < 4.78 is 0.987. The molecule has 1 aliphatic rings. The normalized spacial score (nSPS) is 17.2. The molecule has 3 aromatic rings. The lowest BCUT2D eigenvalue weighted by Gasteiger charge is -2.23. The minimum absolute atomic E-state index is 0.199. The Kier molecular flexibility index (Phi) is 3.79. The molecule has 0 radical (unpaired) electrons. The van der Waals surface area contributed by atoms with E-state index in [1.54, 1.807) is 0 Å². The number of fused-ring (bicyclic) bond motifs is 3. The van der Waals surface area contributed by atoms with Gasteiger partial charge in [0.2, 0.25) is 0 Å². The van der Waals surface area contributed by atoms with Crippen molar-refractivity contribution in [1.29, 1.82) is 0 Å². The first-order valence-corrected chi connectivity index (χ1v) is 8.62. The zero-order chi connectivity index (χ0) is 15.8. The minimum atomic E-state index is -0.252. The summed E-state index contributed by atoms with van der Waals surface area (Å²) in [6.07, 6.45) is 1.38. The zero-order valence-corrected chi connectivity index (χ0v) is 14.2. The number of aromatic nitrogens is 1. The number of carbonyl (C=O) groups excluding carboxylic acids is 1. The maximum absolute atomic E-state index is 12.9. The summed E-state index contributed by atoms with van der Waals surface area (Å²) in [6.45, 7) is 0.835. The first-order chi connectivity index (χ1) is 11.2. The van der Waals surface area contributed by atoms with Crippen LogP contribution in [0.1, 0.15) is 22.9 Å². The van der Waals surface area contributed by atoms with Crippen molar-refractivity contribution >= 4 is 32.6 Å². The number of para-hydroxylation sites is 1. The molecule has 2 heterocycles. The molecule has 0 fully saturated rings. The standard InChI is InChI=1S/C19H17BrN2O/c20-15-7-3-1-5-12(15)11-17(23)19-18-14(9-10-21-19)13-6-2-4-8-16(13)22-18/h1-8,19,21-22H,9-11H2. The summed E-state index contributed by atoms with van der Waals surface area (Å²) in [6, 6.07) is 15.9. The first-order valence-electron chi connectivity index (χ1n) is 7.83. The summed E-state index contributed by atoms with van der Waals surface area (Å²) in [5.41, 5.74) is 4.46. The molecule has 0 aliphatic carbocycles. The van der Waals surface area contributed by atoms with Crippen molar-refractivity contribution < 1.29 is 4.79 Å². The second kappa shape index (κ2) is 5.95. The van der Waals surface area contributed by atoms with Crippen LogP contribution in [-0.2, 0) is 17.6 Å². The lowest BCUT2D eigenvalue weighted by molar-refractivity contribution is -0.120. The third-order valence-electron chi connectivity index (χ3n) is 4.50. The second-order valence-corrected chi connectivity index (χ2v) is 6.79. The monoisotopic (exact) mass is 368 g/mol. The van der Waals surface area contributed by atoms with E-state index in [-0.39, 0.29) is 11.8 Å². The molecule has 0 saturated heterocycles. The largest absolute Gasteiger partial charge is 0.356 e. The van der Waals surface area contributed by atoms with E-state index in [0.29, 0.717) is 6.42 Å². The maximum Gasteiger partial charge on any atom is 0.160 e. The topological polar surface area (TPSA) is 44.9 Å². The van der Waals surface area contributed by atoms with Crippen molar-refractivity contribution in [1.82, 2.24) is 10.3 Å². The minimum Gasteiger partial charge on any atom is -0.356 e. The molecule has 1 aromatic heterocycles. The molecule has 23 heavy (non-hydrogen) atoms. The van der Waals surface area contributed by atoms with E-state index in [9.17, 15) is 4.79 Å². The number of halogens is 1. The van der Waals surface area contributed by atoms with Gasteiger partial charge in [-0.3, -0.25) is 4.79 Å².